The predicted molar refractivity (Wildman–Crippen MR) is 53.0 cm³/mol. The van der Waals surface area contributed by atoms with Crippen molar-refractivity contribution in [2.45, 2.75) is 51.2 Å². The van der Waals surface area contributed by atoms with E-state index in [1.165, 1.54) is 0 Å². The average molecular weight is 201 g/mol. The smallest absolute Gasteiger partial charge is 0.407 e. The van der Waals surface area contributed by atoms with Gasteiger partial charge in [-0.2, -0.15) is 0 Å². The highest BCUT2D eigenvalue weighted by Crippen LogP contribution is 2.25. The molecule has 4 heteroatoms. The first-order chi connectivity index (χ1) is 6.62. The van der Waals surface area contributed by atoms with Gasteiger partial charge in [-0.05, 0) is 12.8 Å². The molecule has 0 radical (unpaired) electrons. The molecule has 1 fully saturated rings. The predicted octanol–water partition coefficient (Wildman–Crippen LogP) is 1.43. The van der Waals surface area contributed by atoms with Crippen LogP contribution in [0.1, 0.15) is 39.5 Å². The van der Waals surface area contributed by atoms with Crippen LogP contribution in [-0.2, 0) is 4.74 Å². The van der Waals surface area contributed by atoms with Crippen molar-refractivity contribution in [3.63, 3.8) is 0 Å². The standard InChI is InChI=1S/C10H19NO3/c1-3-5-10(13,6-4-2)8-7-14-9(12)11-8/h8,13H,3-7H2,1-2H3,(H,11,12). The van der Waals surface area contributed by atoms with Crippen molar-refractivity contribution in [2.75, 3.05) is 6.61 Å². The van der Waals surface area contributed by atoms with Crippen LogP contribution in [0.2, 0.25) is 0 Å². The Morgan fingerprint density at radius 2 is 2.07 bits per heavy atom. The van der Waals surface area contributed by atoms with Crippen molar-refractivity contribution < 1.29 is 14.6 Å². The van der Waals surface area contributed by atoms with Crippen LogP contribution in [-0.4, -0.2) is 29.4 Å². The lowest BCUT2D eigenvalue weighted by Crippen LogP contribution is -2.49. The Balaban J connectivity index is 2.61. The summed E-state index contributed by atoms with van der Waals surface area (Å²) >= 11 is 0. The van der Waals surface area contributed by atoms with Crippen LogP contribution in [0.25, 0.3) is 0 Å². The van der Waals surface area contributed by atoms with E-state index < -0.39 is 11.7 Å². The molecule has 1 aliphatic heterocycles. The van der Waals surface area contributed by atoms with Crippen LogP contribution in [0.15, 0.2) is 0 Å². The van der Waals surface area contributed by atoms with Gasteiger partial charge < -0.3 is 15.2 Å². The van der Waals surface area contributed by atoms with Gasteiger partial charge in [0.15, 0.2) is 0 Å². The number of hydrogen-bond donors (Lipinski definition) is 2. The maximum Gasteiger partial charge on any atom is 0.407 e. The van der Waals surface area contributed by atoms with E-state index in [-0.39, 0.29) is 12.6 Å². The Bertz CT molecular complexity index is 200. The van der Waals surface area contributed by atoms with Gasteiger partial charge in [0.2, 0.25) is 0 Å². The monoisotopic (exact) mass is 201 g/mol. The summed E-state index contributed by atoms with van der Waals surface area (Å²) in [4.78, 5) is 10.9. The number of rotatable bonds is 5. The summed E-state index contributed by atoms with van der Waals surface area (Å²) in [7, 11) is 0. The molecule has 1 amide bonds. The summed E-state index contributed by atoms with van der Waals surface area (Å²) in [6, 6.07) is -0.241. The van der Waals surface area contributed by atoms with Crippen LogP contribution in [0.4, 0.5) is 4.79 Å². The van der Waals surface area contributed by atoms with Gasteiger partial charge in [-0.3, -0.25) is 0 Å². The number of carbonyl (C=O) groups is 1. The number of carbonyl (C=O) groups excluding carboxylic acids is 1. The second kappa shape index (κ2) is 4.64. The Labute approximate surface area is 84.6 Å². The van der Waals surface area contributed by atoms with Crippen molar-refractivity contribution in [3.05, 3.63) is 0 Å². The van der Waals surface area contributed by atoms with Crippen molar-refractivity contribution in [1.82, 2.24) is 5.32 Å². The van der Waals surface area contributed by atoms with Gasteiger partial charge in [0, 0.05) is 0 Å². The van der Waals surface area contributed by atoms with Gasteiger partial charge in [0.1, 0.15) is 6.61 Å². The molecule has 1 atom stereocenters. The number of nitrogens with one attached hydrogen (secondary N) is 1. The second-order valence-electron chi connectivity index (χ2n) is 3.90. The lowest BCUT2D eigenvalue weighted by Gasteiger charge is -2.32. The van der Waals surface area contributed by atoms with Crippen LogP contribution in [0.3, 0.4) is 0 Å². The molecular weight excluding hydrogens is 182 g/mol. The Kier molecular flexibility index (Phi) is 3.75. The fraction of sp³-hybridized carbons (Fsp3) is 0.900. The zero-order chi connectivity index (χ0) is 10.6. The highest BCUT2D eigenvalue weighted by Gasteiger charge is 2.40. The lowest BCUT2D eigenvalue weighted by atomic mass is 9.86. The van der Waals surface area contributed by atoms with Crippen molar-refractivity contribution in [2.24, 2.45) is 0 Å². The first kappa shape index (κ1) is 11.3. The highest BCUT2D eigenvalue weighted by atomic mass is 16.6. The van der Waals surface area contributed by atoms with Crippen LogP contribution < -0.4 is 5.32 Å². The third-order valence-corrected chi connectivity index (χ3v) is 2.69. The van der Waals surface area contributed by atoms with Gasteiger partial charge in [-0.1, -0.05) is 26.7 Å². The Morgan fingerprint density at radius 1 is 1.50 bits per heavy atom. The van der Waals surface area contributed by atoms with Gasteiger partial charge in [-0.25, -0.2) is 4.79 Å². The first-order valence-electron chi connectivity index (χ1n) is 5.28. The van der Waals surface area contributed by atoms with E-state index in [9.17, 15) is 9.90 Å². The van der Waals surface area contributed by atoms with Gasteiger partial charge >= 0.3 is 6.09 Å². The lowest BCUT2D eigenvalue weighted by molar-refractivity contribution is -0.0122. The zero-order valence-electron chi connectivity index (χ0n) is 8.88. The molecule has 0 bridgehead atoms. The number of aliphatic hydroxyl groups is 1. The van der Waals surface area contributed by atoms with Crippen LogP contribution in [0.5, 0.6) is 0 Å². The minimum absolute atomic E-state index is 0.241. The molecule has 14 heavy (non-hydrogen) atoms. The number of ether oxygens (including phenoxy) is 1. The summed E-state index contributed by atoms with van der Waals surface area (Å²) in [6.07, 6.45) is 2.80. The molecular formula is C10H19NO3. The quantitative estimate of drug-likeness (QED) is 0.707. The van der Waals surface area contributed by atoms with Gasteiger partial charge in [-0.15, -0.1) is 0 Å². The van der Waals surface area contributed by atoms with Crippen molar-refractivity contribution in [3.8, 4) is 0 Å². The fourth-order valence-corrected chi connectivity index (χ4v) is 2.01. The molecule has 0 aliphatic carbocycles. The summed E-state index contributed by atoms with van der Waals surface area (Å²) in [5, 5.41) is 13.0. The molecule has 2 N–H and O–H groups in total. The number of hydrogen-bond acceptors (Lipinski definition) is 3. The molecule has 4 nitrogen and oxygen atoms in total. The molecule has 1 aliphatic rings. The van der Waals surface area contributed by atoms with E-state index in [0.29, 0.717) is 12.8 Å². The normalized spacial score (nSPS) is 21.9. The third kappa shape index (κ3) is 2.38. The molecule has 1 rings (SSSR count). The number of alkyl carbamates (subject to hydrolysis) is 1. The number of amides is 1. The second-order valence-corrected chi connectivity index (χ2v) is 3.90. The van der Waals surface area contributed by atoms with Crippen LogP contribution in [0, 0.1) is 0 Å². The maximum absolute atomic E-state index is 10.9. The molecule has 1 unspecified atom stereocenters. The minimum Gasteiger partial charge on any atom is -0.447 e. The van der Waals surface area contributed by atoms with E-state index >= 15 is 0 Å². The van der Waals surface area contributed by atoms with Gasteiger partial charge in [0.25, 0.3) is 0 Å². The van der Waals surface area contributed by atoms with E-state index in [4.69, 9.17) is 4.74 Å². The molecule has 0 spiro atoms. The van der Waals surface area contributed by atoms with E-state index in [2.05, 4.69) is 5.32 Å². The SMILES string of the molecule is CCCC(O)(CCC)C1COC(=O)N1. The zero-order valence-corrected chi connectivity index (χ0v) is 8.88. The largest absolute Gasteiger partial charge is 0.447 e. The molecule has 1 heterocycles. The first-order valence-corrected chi connectivity index (χ1v) is 5.28. The molecule has 82 valence electrons. The summed E-state index contributed by atoms with van der Waals surface area (Å²) in [6.45, 7) is 4.34. The Hall–Kier alpha value is -0.770. The average Bonchev–Trinajstić information content (AvgIpc) is 2.53. The summed E-state index contributed by atoms with van der Waals surface area (Å²) < 4.78 is 4.79. The van der Waals surface area contributed by atoms with E-state index in [1.54, 1.807) is 0 Å². The van der Waals surface area contributed by atoms with Crippen molar-refractivity contribution >= 4 is 6.09 Å². The summed E-state index contributed by atoms with van der Waals surface area (Å²) in [5.74, 6) is 0. The van der Waals surface area contributed by atoms with Crippen molar-refractivity contribution in [1.29, 1.82) is 0 Å². The maximum atomic E-state index is 10.9. The molecule has 0 aromatic carbocycles. The highest BCUT2D eigenvalue weighted by molar-refractivity contribution is 5.69. The van der Waals surface area contributed by atoms with Gasteiger partial charge in [0.05, 0.1) is 11.6 Å². The third-order valence-electron chi connectivity index (χ3n) is 2.69. The Morgan fingerprint density at radius 3 is 2.43 bits per heavy atom. The molecule has 0 saturated carbocycles. The molecule has 0 aromatic heterocycles. The van der Waals surface area contributed by atoms with E-state index in [1.807, 2.05) is 13.8 Å². The topological polar surface area (TPSA) is 58.6 Å². The fourth-order valence-electron chi connectivity index (χ4n) is 2.01. The molecule has 1 saturated heterocycles. The van der Waals surface area contributed by atoms with Crippen LogP contribution >= 0.6 is 0 Å². The minimum atomic E-state index is -0.796. The molecule has 0 aromatic rings. The van der Waals surface area contributed by atoms with E-state index in [0.717, 1.165) is 12.8 Å². The summed E-state index contributed by atoms with van der Waals surface area (Å²) in [5.41, 5.74) is -0.796. The number of cyclic esters (lactones) is 1.